The molecule has 0 saturated heterocycles. The maximum absolute atomic E-state index is 12.4. The standard InChI is InChI=1S/C13H20N2O3S/c1-18-9-8-15(13-6-7-13)19(16,17)10-11-2-4-12(14)5-3-11/h2-5,13H,6-10,14H2,1H3. The van der Waals surface area contributed by atoms with Crippen LogP contribution in [0, 0.1) is 0 Å². The Balaban J connectivity index is 2.08. The fraction of sp³-hybridized carbons (Fsp3) is 0.538. The summed E-state index contributed by atoms with van der Waals surface area (Å²) in [6.07, 6.45) is 1.90. The normalized spacial score (nSPS) is 15.9. The van der Waals surface area contributed by atoms with E-state index in [4.69, 9.17) is 10.5 Å². The van der Waals surface area contributed by atoms with Crippen LogP contribution in [0.1, 0.15) is 18.4 Å². The first-order valence-electron chi connectivity index (χ1n) is 6.36. The van der Waals surface area contributed by atoms with Crippen molar-refractivity contribution < 1.29 is 13.2 Å². The summed E-state index contributed by atoms with van der Waals surface area (Å²) in [7, 11) is -1.70. The van der Waals surface area contributed by atoms with Crippen LogP contribution in [-0.4, -0.2) is 39.0 Å². The number of nitrogen functional groups attached to an aromatic ring is 1. The Morgan fingerprint density at radius 2 is 1.95 bits per heavy atom. The van der Waals surface area contributed by atoms with Crippen molar-refractivity contribution in [1.82, 2.24) is 4.31 Å². The molecule has 0 atom stereocenters. The number of rotatable bonds is 7. The first-order valence-corrected chi connectivity index (χ1v) is 7.97. The number of anilines is 1. The van der Waals surface area contributed by atoms with E-state index in [0.29, 0.717) is 18.8 Å². The minimum Gasteiger partial charge on any atom is -0.399 e. The van der Waals surface area contributed by atoms with Crippen LogP contribution in [0.2, 0.25) is 0 Å². The van der Waals surface area contributed by atoms with Crippen molar-refractivity contribution in [3.63, 3.8) is 0 Å². The summed E-state index contributed by atoms with van der Waals surface area (Å²) in [4.78, 5) is 0. The molecule has 19 heavy (non-hydrogen) atoms. The quantitative estimate of drug-likeness (QED) is 0.764. The fourth-order valence-corrected chi connectivity index (χ4v) is 3.80. The van der Waals surface area contributed by atoms with Gasteiger partial charge >= 0.3 is 0 Å². The minimum absolute atomic E-state index is 0.0213. The Bertz CT molecular complexity index is 509. The zero-order valence-electron chi connectivity index (χ0n) is 11.1. The van der Waals surface area contributed by atoms with E-state index < -0.39 is 10.0 Å². The zero-order valence-corrected chi connectivity index (χ0v) is 11.9. The van der Waals surface area contributed by atoms with Gasteiger partial charge in [-0.05, 0) is 30.5 Å². The van der Waals surface area contributed by atoms with Gasteiger partial charge in [0.05, 0.1) is 12.4 Å². The SMILES string of the molecule is COCCN(C1CC1)S(=O)(=O)Cc1ccc(N)cc1. The Hall–Kier alpha value is -1.11. The lowest BCUT2D eigenvalue weighted by atomic mass is 10.2. The second-order valence-electron chi connectivity index (χ2n) is 4.83. The molecule has 106 valence electrons. The Labute approximate surface area is 114 Å². The van der Waals surface area contributed by atoms with Crippen LogP contribution in [0.15, 0.2) is 24.3 Å². The molecule has 6 heteroatoms. The van der Waals surface area contributed by atoms with Crippen molar-refractivity contribution in [2.24, 2.45) is 0 Å². The van der Waals surface area contributed by atoms with Gasteiger partial charge in [-0.15, -0.1) is 0 Å². The predicted molar refractivity (Wildman–Crippen MR) is 75.1 cm³/mol. The minimum atomic E-state index is -3.28. The van der Waals surface area contributed by atoms with Crippen LogP contribution in [0.3, 0.4) is 0 Å². The molecule has 2 N–H and O–H groups in total. The summed E-state index contributed by atoms with van der Waals surface area (Å²) in [5.74, 6) is 0.0213. The molecule has 0 unspecified atom stereocenters. The molecule has 0 aromatic heterocycles. The molecule has 1 fully saturated rings. The molecular weight excluding hydrogens is 264 g/mol. The van der Waals surface area contributed by atoms with E-state index in [1.54, 1.807) is 35.7 Å². The Morgan fingerprint density at radius 1 is 1.32 bits per heavy atom. The Morgan fingerprint density at radius 3 is 2.47 bits per heavy atom. The van der Waals surface area contributed by atoms with Crippen LogP contribution in [0.5, 0.6) is 0 Å². The van der Waals surface area contributed by atoms with Crippen molar-refractivity contribution in [3.05, 3.63) is 29.8 Å². The van der Waals surface area contributed by atoms with E-state index >= 15 is 0 Å². The highest BCUT2D eigenvalue weighted by atomic mass is 32.2. The Kier molecular flexibility index (Phi) is 4.44. The van der Waals surface area contributed by atoms with Crippen LogP contribution in [0.25, 0.3) is 0 Å². The van der Waals surface area contributed by atoms with Crippen LogP contribution in [0.4, 0.5) is 5.69 Å². The summed E-state index contributed by atoms with van der Waals surface area (Å²) in [5, 5.41) is 0. The highest BCUT2D eigenvalue weighted by Gasteiger charge is 2.36. The van der Waals surface area contributed by atoms with Gasteiger partial charge in [0.15, 0.2) is 0 Å². The lowest BCUT2D eigenvalue weighted by molar-refractivity contribution is 0.177. The monoisotopic (exact) mass is 284 g/mol. The average Bonchev–Trinajstić information content (AvgIpc) is 3.16. The lowest BCUT2D eigenvalue weighted by Gasteiger charge is -2.21. The van der Waals surface area contributed by atoms with Gasteiger partial charge in [-0.2, -0.15) is 4.31 Å². The van der Waals surface area contributed by atoms with Gasteiger partial charge in [-0.3, -0.25) is 0 Å². The fourth-order valence-electron chi connectivity index (χ4n) is 2.00. The third-order valence-corrected chi connectivity index (χ3v) is 5.05. The van der Waals surface area contributed by atoms with Gasteiger partial charge in [0.2, 0.25) is 10.0 Å². The van der Waals surface area contributed by atoms with Gasteiger partial charge in [0, 0.05) is 25.4 Å². The van der Waals surface area contributed by atoms with Gasteiger partial charge in [0.25, 0.3) is 0 Å². The number of sulfonamides is 1. The largest absolute Gasteiger partial charge is 0.399 e. The number of nitrogens with two attached hydrogens (primary N) is 1. The van der Waals surface area contributed by atoms with Crippen molar-refractivity contribution in [2.45, 2.75) is 24.6 Å². The number of methoxy groups -OCH3 is 1. The van der Waals surface area contributed by atoms with Gasteiger partial charge in [-0.25, -0.2) is 8.42 Å². The molecule has 1 aromatic rings. The third-order valence-electron chi connectivity index (χ3n) is 3.16. The molecule has 0 radical (unpaired) electrons. The lowest BCUT2D eigenvalue weighted by Crippen LogP contribution is -2.36. The van der Waals surface area contributed by atoms with Crippen LogP contribution in [-0.2, 0) is 20.5 Å². The molecule has 0 aliphatic heterocycles. The topological polar surface area (TPSA) is 72.6 Å². The van der Waals surface area contributed by atoms with E-state index in [-0.39, 0.29) is 11.8 Å². The molecule has 0 amide bonds. The molecule has 5 nitrogen and oxygen atoms in total. The summed E-state index contributed by atoms with van der Waals surface area (Å²) >= 11 is 0. The van der Waals surface area contributed by atoms with E-state index in [0.717, 1.165) is 18.4 Å². The maximum Gasteiger partial charge on any atom is 0.218 e. The number of benzene rings is 1. The van der Waals surface area contributed by atoms with Crippen molar-refractivity contribution in [3.8, 4) is 0 Å². The van der Waals surface area contributed by atoms with Crippen molar-refractivity contribution in [2.75, 3.05) is 26.0 Å². The molecule has 0 bridgehead atoms. The first kappa shape index (κ1) is 14.3. The number of ether oxygens (including phenoxy) is 1. The summed E-state index contributed by atoms with van der Waals surface area (Å²) in [6, 6.07) is 7.12. The summed E-state index contributed by atoms with van der Waals surface area (Å²) < 4.78 is 31.4. The number of hydrogen-bond acceptors (Lipinski definition) is 4. The predicted octanol–water partition coefficient (Wildman–Crippen LogP) is 1.21. The van der Waals surface area contributed by atoms with Crippen LogP contribution < -0.4 is 5.73 Å². The highest BCUT2D eigenvalue weighted by molar-refractivity contribution is 7.88. The molecule has 0 spiro atoms. The third kappa shape index (κ3) is 3.92. The van der Waals surface area contributed by atoms with E-state index in [1.165, 1.54) is 0 Å². The highest BCUT2D eigenvalue weighted by Crippen LogP contribution is 2.30. The van der Waals surface area contributed by atoms with E-state index in [2.05, 4.69) is 0 Å². The molecule has 1 aliphatic carbocycles. The molecule has 1 aliphatic rings. The second-order valence-corrected chi connectivity index (χ2v) is 6.75. The summed E-state index contributed by atoms with van der Waals surface area (Å²) in [5.41, 5.74) is 7.00. The van der Waals surface area contributed by atoms with Crippen LogP contribution >= 0.6 is 0 Å². The molecule has 1 aromatic carbocycles. The molecule has 2 rings (SSSR count). The first-order chi connectivity index (χ1) is 9.03. The van der Waals surface area contributed by atoms with Gasteiger partial charge < -0.3 is 10.5 Å². The molecule has 1 saturated carbocycles. The maximum atomic E-state index is 12.4. The average molecular weight is 284 g/mol. The van der Waals surface area contributed by atoms with Crippen molar-refractivity contribution in [1.29, 1.82) is 0 Å². The van der Waals surface area contributed by atoms with Gasteiger partial charge in [-0.1, -0.05) is 12.1 Å². The van der Waals surface area contributed by atoms with Crippen molar-refractivity contribution >= 4 is 15.7 Å². The van der Waals surface area contributed by atoms with E-state index in [9.17, 15) is 8.42 Å². The number of nitrogens with zero attached hydrogens (tertiary/aromatic N) is 1. The molecule has 0 heterocycles. The van der Waals surface area contributed by atoms with Gasteiger partial charge in [0.1, 0.15) is 0 Å². The summed E-state index contributed by atoms with van der Waals surface area (Å²) in [6.45, 7) is 0.857. The zero-order chi connectivity index (χ0) is 13.9. The van der Waals surface area contributed by atoms with E-state index in [1.807, 2.05) is 0 Å². The second kappa shape index (κ2) is 5.90. The number of hydrogen-bond donors (Lipinski definition) is 1. The molecular formula is C13H20N2O3S. The smallest absolute Gasteiger partial charge is 0.218 e.